The molecule has 2 bridgehead atoms. The van der Waals surface area contributed by atoms with Gasteiger partial charge in [-0.25, -0.2) is 0 Å². The van der Waals surface area contributed by atoms with Gasteiger partial charge in [-0.2, -0.15) is 5.26 Å². The van der Waals surface area contributed by atoms with Crippen LogP contribution in [0.4, 0.5) is 0 Å². The standard InChI is InChI=1S/C29H52N2O2/c30-24-27(29(32)33)28-25-31-22-19-17-15-13-11-9-7-5-3-1-2-4-6-8-10-12-14-16-18-20-26(28)21-23-31/h26-28H,1-23,25H2,(H,32,33). The molecule has 3 aliphatic heterocycles. The summed E-state index contributed by atoms with van der Waals surface area (Å²) in [4.78, 5) is 14.2. The molecule has 190 valence electrons. The first-order chi connectivity index (χ1) is 16.2. The van der Waals surface area contributed by atoms with Gasteiger partial charge in [-0.15, -0.1) is 0 Å². The van der Waals surface area contributed by atoms with Crippen LogP contribution in [-0.4, -0.2) is 35.6 Å². The molecule has 0 amide bonds. The Hall–Kier alpha value is -1.08. The molecule has 4 nitrogen and oxygen atoms in total. The third-order valence-electron chi connectivity index (χ3n) is 8.27. The SMILES string of the molecule is N#CC(C(=O)O)C1CN2CCCCCCCCCCCCCCCCCCCCCC1CC2. The maximum Gasteiger partial charge on any atom is 0.321 e. The number of nitrogens with zero attached hydrogens (tertiary/aromatic N) is 2. The predicted molar refractivity (Wildman–Crippen MR) is 137 cm³/mol. The number of carboxylic acids is 1. The topological polar surface area (TPSA) is 64.3 Å². The van der Waals surface area contributed by atoms with Crippen molar-refractivity contribution in [2.45, 2.75) is 135 Å². The highest BCUT2D eigenvalue weighted by Gasteiger charge is 2.38. The molecule has 0 aromatic carbocycles. The first kappa shape index (κ1) is 28.2. The second-order valence-electron chi connectivity index (χ2n) is 11.0. The Morgan fingerprint density at radius 3 is 1.52 bits per heavy atom. The minimum absolute atomic E-state index is 0.00396. The molecule has 0 aromatic heterocycles. The number of hydrogen-bond acceptors (Lipinski definition) is 3. The van der Waals surface area contributed by atoms with Gasteiger partial charge in [-0.05, 0) is 31.8 Å². The van der Waals surface area contributed by atoms with Gasteiger partial charge < -0.3 is 10.0 Å². The third kappa shape index (κ3) is 12.3. The Morgan fingerprint density at radius 1 is 0.667 bits per heavy atom. The summed E-state index contributed by atoms with van der Waals surface area (Å²) in [6, 6.07) is 2.14. The third-order valence-corrected chi connectivity index (χ3v) is 8.27. The van der Waals surface area contributed by atoms with E-state index >= 15 is 0 Å². The van der Waals surface area contributed by atoms with Gasteiger partial charge in [0.15, 0.2) is 0 Å². The van der Waals surface area contributed by atoms with Crippen LogP contribution < -0.4 is 0 Å². The number of carboxylic acid groups (broad SMARTS) is 1. The van der Waals surface area contributed by atoms with Crippen LogP contribution in [0.25, 0.3) is 0 Å². The lowest BCUT2D eigenvalue weighted by atomic mass is 9.75. The maximum absolute atomic E-state index is 11.8. The van der Waals surface area contributed by atoms with Crippen LogP contribution in [0.5, 0.6) is 0 Å². The molecule has 4 heteroatoms. The van der Waals surface area contributed by atoms with Crippen molar-refractivity contribution < 1.29 is 9.90 Å². The summed E-state index contributed by atoms with van der Waals surface area (Å²) in [7, 11) is 0. The highest BCUT2D eigenvalue weighted by Crippen LogP contribution is 2.34. The monoisotopic (exact) mass is 460 g/mol. The molecule has 3 heterocycles. The van der Waals surface area contributed by atoms with E-state index in [0.29, 0.717) is 5.92 Å². The smallest absolute Gasteiger partial charge is 0.321 e. The summed E-state index contributed by atoms with van der Waals surface area (Å²) < 4.78 is 0. The average Bonchev–Trinajstić information content (AvgIpc) is 2.80. The number of fused-ring (bicyclic) bond motifs is 22. The van der Waals surface area contributed by atoms with E-state index in [2.05, 4.69) is 11.0 Å². The van der Waals surface area contributed by atoms with E-state index in [-0.39, 0.29) is 5.92 Å². The fourth-order valence-electron chi connectivity index (χ4n) is 6.12. The number of hydrogen-bond donors (Lipinski definition) is 1. The first-order valence-electron chi connectivity index (χ1n) is 14.6. The van der Waals surface area contributed by atoms with Crippen LogP contribution in [0, 0.1) is 29.1 Å². The quantitative estimate of drug-likeness (QED) is 0.454. The second kappa shape index (κ2) is 18.3. The molecule has 0 spiro atoms. The van der Waals surface area contributed by atoms with Gasteiger partial charge in [-0.1, -0.05) is 122 Å². The predicted octanol–water partition coefficient (Wildman–Crippen LogP) is 7.96. The zero-order valence-corrected chi connectivity index (χ0v) is 21.5. The highest BCUT2D eigenvalue weighted by molar-refractivity contribution is 5.73. The van der Waals surface area contributed by atoms with Gasteiger partial charge in [0.2, 0.25) is 0 Å². The zero-order chi connectivity index (χ0) is 23.6. The summed E-state index contributed by atoms with van der Waals surface area (Å²) in [6.45, 7) is 2.95. The van der Waals surface area contributed by atoms with E-state index in [9.17, 15) is 15.2 Å². The zero-order valence-electron chi connectivity index (χ0n) is 21.5. The summed E-state index contributed by atoms with van der Waals surface area (Å²) in [5.41, 5.74) is 0. The lowest BCUT2D eigenvalue weighted by Gasteiger charge is -2.39. The molecule has 3 rings (SSSR count). The second-order valence-corrected chi connectivity index (χ2v) is 11.0. The summed E-state index contributed by atoms with van der Waals surface area (Å²) in [6.07, 6.45) is 28.0. The lowest BCUT2D eigenvalue weighted by molar-refractivity contribution is -0.143. The van der Waals surface area contributed by atoms with Crippen molar-refractivity contribution in [3.8, 4) is 6.07 Å². The van der Waals surface area contributed by atoms with Crippen molar-refractivity contribution in [2.24, 2.45) is 17.8 Å². The fourth-order valence-corrected chi connectivity index (χ4v) is 6.12. The molecular formula is C29H52N2O2. The molecule has 33 heavy (non-hydrogen) atoms. The summed E-state index contributed by atoms with van der Waals surface area (Å²) in [5.74, 6) is -1.37. The van der Waals surface area contributed by atoms with Crippen molar-refractivity contribution in [2.75, 3.05) is 19.6 Å². The lowest BCUT2D eigenvalue weighted by Crippen LogP contribution is -2.45. The Bertz CT molecular complexity index is 540. The van der Waals surface area contributed by atoms with E-state index in [0.717, 1.165) is 32.5 Å². The Labute approximate surface area is 204 Å². The average molecular weight is 461 g/mol. The van der Waals surface area contributed by atoms with E-state index in [1.165, 1.54) is 122 Å². The van der Waals surface area contributed by atoms with Crippen LogP contribution >= 0.6 is 0 Å². The number of carbonyl (C=O) groups is 1. The number of rotatable bonds is 2. The van der Waals surface area contributed by atoms with Gasteiger partial charge in [0.25, 0.3) is 0 Å². The number of nitriles is 1. The molecule has 3 fully saturated rings. The van der Waals surface area contributed by atoms with Crippen molar-refractivity contribution in [1.29, 1.82) is 5.26 Å². The first-order valence-corrected chi connectivity index (χ1v) is 14.6. The van der Waals surface area contributed by atoms with E-state index in [4.69, 9.17) is 0 Å². The van der Waals surface area contributed by atoms with E-state index in [1.807, 2.05) is 0 Å². The summed E-state index contributed by atoms with van der Waals surface area (Å²) in [5, 5.41) is 19.2. The van der Waals surface area contributed by atoms with Crippen molar-refractivity contribution in [1.82, 2.24) is 4.90 Å². The van der Waals surface area contributed by atoms with E-state index in [1.54, 1.807) is 0 Å². The normalized spacial score (nSPS) is 29.7. The maximum atomic E-state index is 11.8. The molecular weight excluding hydrogens is 408 g/mol. The van der Waals surface area contributed by atoms with Crippen LogP contribution in [0.15, 0.2) is 0 Å². The molecule has 0 saturated carbocycles. The van der Waals surface area contributed by atoms with Crippen molar-refractivity contribution in [3.05, 3.63) is 0 Å². The minimum atomic E-state index is -0.918. The minimum Gasteiger partial charge on any atom is -0.480 e. The van der Waals surface area contributed by atoms with Gasteiger partial charge in [-0.3, -0.25) is 4.79 Å². The number of piperidine rings is 1. The largest absolute Gasteiger partial charge is 0.480 e. The van der Waals surface area contributed by atoms with Crippen LogP contribution in [0.2, 0.25) is 0 Å². The van der Waals surface area contributed by atoms with Crippen LogP contribution in [-0.2, 0) is 4.79 Å². The Balaban J connectivity index is 1.82. The molecule has 3 aliphatic rings. The molecule has 0 aromatic rings. The van der Waals surface area contributed by atoms with Crippen LogP contribution in [0.1, 0.15) is 135 Å². The van der Waals surface area contributed by atoms with Crippen LogP contribution in [0.3, 0.4) is 0 Å². The molecule has 4 unspecified atom stereocenters. The molecule has 0 aliphatic carbocycles. The number of aliphatic carboxylic acids is 1. The summed E-state index contributed by atoms with van der Waals surface area (Å²) >= 11 is 0. The fraction of sp³-hybridized carbons (Fsp3) is 0.931. The molecule has 4 atom stereocenters. The highest BCUT2D eigenvalue weighted by atomic mass is 16.4. The van der Waals surface area contributed by atoms with Gasteiger partial charge in [0, 0.05) is 12.5 Å². The van der Waals surface area contributed by atoms with Gasteiger partial charge >= 0.3 is 5.97 Å². The van der Waals surface area contributed by atoms with E-state index < -0.39 is 11.9 Å². The molecule has 3 saturated heterocycles. The van der Waals surface area contributed by atoms with Gasteiger partial charge in [0.1, 0.15) is 5.92 Å². The molecule has 1 N–H and O–H groups in total. The van der Waals surface area contributed by atoms with Gasteiger partial charge in [0.05, 0.1) is 6.07 Å². The Kier molecular flexibility index (Phi) is 15.6. The molecule has 0 radical (unpaired) electrons. The van der Waals surface area contributed by atoms with Crippen molar-refractivity contribution in [3.63, 3.8) is 0 Å². The van der Waals surface area contributed by atoms with Crippen molar-refractivity contribution >= 4 is 5.97 Å². The Morgan fingerprint density at radius 2 is 1.09 bits per heavy atom.